The molecule has 0 aliphatic heterocycles. The molecule has 0 amide bonds. The number of thiophene rings is 1. The number of hydrogen-bond donors (Lipinski definition) is 0. The zero-order valence-electron chi connectivity index (χ0n) is 11.4. The number of benzene rings is 1. The van der Waals surface area contributed by atoms with Crippen LogP contribution in [0.3, 0.4) is 0 Å². The zero-order valence-corrected chi connectivity index (χ0v) is 13.0. The van der Waals surface area contributed by atoms with Crippen molar-refractivity contribution in [3.63, 3.8) is 0 Å². The molecule has 104 valence electrons. The molecule has 0 spiro atoms. The Morgan fingerprint density at radius 3 is 3.10 bits per heavy atom. The van der Waals surface area contributed by atoms with Gasteiger partial charge < -0.3 is 4.74 Å². The van der Waals surface area contributed by atoms with Gasteiger partial charge in [0.15, 0.2) is 0 Å². The molecule has 1 aromatic carbocycles. The van der Waals surface area contributed by atoms with Crippen LogP contribution in [0.2, 0.25) is 0 Å². The van der Waals surface area contributed by atoms with Crippen LogP contribution in [0.5, 0.6) is 5.75 Å². The van der Waals surface area contributed by atoms with E-state index in [0.717, 1.165) is 28.6 Å². The van der Waals surface area contributed by atoms with Crippen LogP contribution >= 0.6 is 22.7 Å². The van der Waals surface area contributed by atoms with E-state index in [9.17, 15) is 0 Å². The average Bonchev–Trinajstić information content (AvgIpc) is 3.19. The van der Waals surface area contributed by atoms with E-state index >= 15 is 0 Å². The van der Waals surface area contributed by atoms with Crippen LogP contribution in [0.4, 0.5) is 5.13 Å². The fourth-order valence-electron chi connectivity index (χ4n) is 2.45. The molecule has 0 N–H and O–H groups in total. The van der Waals surface area contributed by atoms with Crippen molar-refractivity contribution >= 4 is 34.0 Å². The first-order valence-electron chi connectivity index (χ1n) is 6.57. The Labute approximate surface area is 130 Å². The van der Waals surface area contributed by atoms with Crippen LogP contribution < -0.4 is 4.74 Å². The van der Waals surface area contributed by atoms with E-state index in [4.69, 9.17) is 4.74 Å². The number of ether oxygens (including phenoxy) is 1. The quantitative estimate of drug-likeness (QED) is 0.521. The highest BCUT2D eigenvalue weighted by atomic mass is 32.1. The van der Waals surface area contributed by atoms with Crippen molar-refractivity contribution in [2.45, 2.75) is 6.42 Å². The van der Waals surface area contributed by atoms with Gasteiger partial charge in [-0.1, -0.05) is 11.3 Å². The summed E-state index contributed by atoms with van der Waals surface area (Å²) >= 11 is 3.34. The van der Waals surface area contributed by atoms with Crippen molar-refractivity contribution in [2.24, 2.45) is 4.99 Å². The summed E-state index contributed by atoms with van der Waals surface area (Å²) in [5, 5.41) is 4.95. The molecule has 0 saturated carbocycles. The highest BCUT2D eigenvalue weighted by molar-refractivity contribution is 7.15. The Hall–Kier alpha value is -1.98. The highest BCUT2D eigenvalue weighted by Crippen LogP contribution is 2.42. The monoisotopic (exact) mass is 312 g/mol. The first-order valence-corrected chi connectivity index (χ1v) is 8.32. The number of nitrogens with zero attached hydrogens (tertiary/aromatic N) is 2. The number of aromatic nitrogens is 1. The summed E-state index contributed by atoms with van der Waals surface area (Å²) in [6.45, 7) is 0. The molecule has 0 unspecified atom stereocenters. The number of thiazole rings is 1. The summed E-state index contributed by atoms with van der Waals surface area (Å²) in [7, 11) is 1.70. The third-order valence-corrected chi connectivity index (χ3v) is 5.14. The maximum Gasteiger partial charge on any atom is 0.209 e. The minimum atomic E-state index is 0.827. The maximum absolute atomic E-state index is 5.28. The van der Waals surface area contributed by atoms with Crippen LogP contribution in [0.25, 0.3) is 11.3 Å². The van der Waals surface area contributed by atoms with Crippen molar-refractivity contribution in [3.05, 3.63) is 51.0 Å². The van der Waals surface area contributed by atoms with Crippen LogP contribution in [0.15, 0.2) is 40.0 Å². The largest absolute Gasteiger partial charge is 0.497 e. The molecule has 2 heterocycles. The van der Waals surface area contributed by atoms with Gasteiger partial charge in [-0.05, 0) is 40.6 Å². The molecule has 3 aromatic rings. The lowest BCUT2D eigenvalue weighted by Gasteiger charge is -2.03. The van der Waals surface area contributed by atoms with E-state index in [1.807, 2.05) is 17.7 Å². The maximum atomic E-state index is 5.28. The topological polar surface area (TPSA) is 34.5 Å². The zero-order chi connectivity index (χ0) is 14.2. The van der Waals surface area contributed by atoms with E-state index in [0.29, 0.717) is 0 Å². The van der Waals surface area contributed by atoms with Gasteiger partial charge in [-0.2, -0.15) is 11.3 Å². The van der Waals surface area contributed by atoms with E-state index in [-0.39, 0.29) is 0 Å². The Bertz CT molecular complexity index is 819. The lowest BCUT2D eigenvalue weighted by molar-refractivity contribution is 0.414. The van der Waals surface area contributed by atoms with Gasteiger partial charge in [0, 0.05) is 28.6 Å². The van der Waals surface area contributed by atoms with Gasteiger partial charge >= 0.3 is 0 Å². The van der Waals surface area contributed by atoms with Crippen LogP contribution in [-0.4, -0.2) is 18.3 Å². The van der Waals surface area contributed by atoms with Crippen molar-refractivity contribution in [1.29, 1.82) is 0 Å². The molecule has 0 bridgehead atoms. The molecular weight excluding hydrogens is 300 g/mol. The second-order valence-electron chi connectivity index (χ2n) is 4.78. The second-order valence-corrected chi connectivity index (χ2v) is 6.63. The molecular formula is C16H12N2OS2. The smallest absolute Gasteiger partial charge is 0.209 e. The van der Waals surface area contributed by atoms with Gasteiger partial charge in [0.25, 0.3) is 0 Å². The molecule has 5 heteroatoms. The van der Waals surface area contributed by atoms with Crippen LogP contribution in [0, 0.1) is 0 Å². The van der Waals surface area contributed by atoms with Gasteiger partial charge in [-0.25, -0.2) is 9.98 Å². The molecule has 0 saturated heterocycles. The molecule has 1 aliphatic rings. The van der Waals surface area contributed by atoms with E-state index in [2.05, 4.69) is 33.6 Å². The third kappa shape index (κ3) is 2.28. The lowest BCUT2D eigenvalue weighted by Crippen LogP contribution is -1.86. The fourth-order valence-corrected chi connectivity index (χ4v) is 4.00. The van der Waals surface area contributed by atoms with E-state index < -0.39 is 0 Å². The van der Waals surface area contributed by atoms with Gasteiger partial charge in [0.05, 0.1) is 12.8 Å². The molecule has 2 aromatic heterocycles. The van der Waals surface area contributed by atoms with Gasteiger partial charge in [-0.15, -0.1) is 0 Å². The molecule has 0 fully saturated rings. The van der Waals surface area contributed by atoms with Gasteiger partial charge in [0.2, 0.25) is 5.13 Å². The molecule has 1 aliphatic carbocycles. The number of hydrogen-bond acceptors (Lipinski definition) is 5. The first-order chi connectivity index (χ1) is 10.3. The minimum absolute atomic E-state index is 0.827. The van der Waals surface area contributed by atoms with E-state index in [1.54, 1.807) is 29.8 Å². The minimum Gasteiger partial charge on any atom is -0.497 e. The second kappa shape index (κ2) is 5.09. The Morgan fingerprint density at radius 2 is 2.29 bits per heavy atom. The summed E-state index contributed by atoms with van der Waals surface area (Å²) in [5.41, 5.74) is 4.70. The molecule has 3 nitrogen and oxygen atoms in total. The predicted molar refractivity (Wildman–Crippen MR) is 88.5 cm³/mol. The predicted octanol–water partition coefficient (Wildman–Crippen LogP) is 4.54. The molecule has 0 atom stereocenters. The van der Waals surface area contributed by atoms with Crippen molar-refractivity contribution in [3.8, 4) is 17.0 Å². The third-order valence-electron chi connectivity index (χ3n) is 3.47. The van der Waals surface area contributed by atoms with Crippen molar-refractivity contribution < 1.29 is 4.74 Å². The standard InChI is InChI=1S/C16H12N2OS2/c1-19-12-2-3-13-11(6-12)7-14-15(13)18-16(21-14)17-8-10-4-5-20-9-10/h2-6,8-9H,7H2,1H3. The van der Waals surface area contributed by atoms with Crippen molar-refractivity contribution in [1.82, 2.24) is 4.98 Å². The number of fused-ring (bicyclic) bond motifs is 3. The Kier molecular flexibility index (Phi) is 3.09. The Balaban J connectivity index is 1.66. The summed E-state index contributed by atoms with van der Waals surface area (Å²) in [5.74, 6) is 0.902. The fraction of sp³-hybridized carbons (Fsp3) is 0.125. The highest BCUT2D eigenvalue weighted by Gasteiger charge is 2.23. The lowest BCUT2D eigenvalue weighted by atomic mass is 10.1. The van der Waals surface area contributed by atoms with Crippen molar-refractivity contribution in [2.75, 3.05) is 7.11 Å². The summed E-state index contributed by atoms with van der Waals surface area (Å²) in [6, 6.07) is 8.22. The molecule has 21 heavy (non-hydrogen) atoms. The first kappa shape index (κ1) is 12.7. The molecule has 4 rings (SSSR count). The summed E-state index contributed by atoms with van der Waals surface area (Å²) in [4.78, 5) is 10.4. The Morgan fingerprint density at radius 1 is 1.33 bits per heavy atom. The SMILES string of the molecule is COc1ccc2c(c1)Cc1sc(N=Cc3ccsc3)nc1-2. The summed E-state index contributed by atoms with van der Waals surface area (Å²) < 4.78 is 5.28. The normalized spacial score (nSPS) is 12.6. The number of aliphatic imine (C=N–C) groups is 1. The summed E-state index contributed by atoms with van der Waals surface area (Å²) in [6.07, 6.45) is 2.80. The number of rotatable bonds is 3. The van der Waals surface area contributed by atoms with Crippen LogP contribution in [0.1, 0.15) is 16.0 Å². The van der Waals surface area contributed by atoms with Gasteiger partial charge in [0.1, 0.15) is 5.75 Å². The number of methoxy groups -OCH3 is 1. The van der Waals surface area contributed by atoms with Gasteiger partial charge in [-0.3, -0.25) is 0 Å². The molecule has 0 radical (unpaired) electrons. The van der Waals surface area contributed by atoms with E-state index in [1.165, 1.54) is 16.0 Å². The van der Waals surface area contributed by atoms with Crippen LogP contribution in [-0.2, 0) is 6.42 Å². The average molecular weight is 312 g/mol.